The van der Waals surface area contributed by atoms with Gasteiger partial charge in [0, 0.05) is 31.7 Å². The van der Waals surface area contributed by atoms with Crippen LogP contribution in [0.25, 0.3) is 0 Å². The summed E-state index contributed by atoms with van der Waals surface area (Å²) in [7, 11) is 0. The maximum absolute atomic E-state index is 11.9. The first-order valence-corrected chi connectivity index (χ1v) is 6.91. The van der Waals surface area contributed by atoms with E-state index in [1.165, 1.54) is 0 Å². The number of nitrogens with one attached hydrogen (secondary N) is 2. The summed E-state index contributed by atoms with van der Waals surface area (Å²) in [6.45, 7) is 10.3. The average Bonchev–Trinajstić information content (AvgIpc) is 2.84. The number of amides is 1. The van der Waals surface area contributed by atoms with E-state index in [0.29, 0.717) is 0 Å². The fourth-order valence-corrected chi connectivity index (χ4v) is 2.64. The van der Waals surface area contributed by atoms with Gasteiger partial charge in [0.05, 0.1) is 19.1 Å². The lowest BCUT2D eigenvalue weighted by molar-refractivity contribution is -0.124. The Balaban J connectivity index is 0.00000180. The van der Waals surface area contributed by atoms with E-state index in [9.17, 15) is 4.79 Å². The van der Waals surface area contributed by atoms with Gasteiger partial charge >= 0.3 is 0 Å². The molecule has 0 saturated carbocycles. The summed E-state index contributed by atoms with van der Waals surface area (Å²) in [5, 5.41) is 6.27. The van der Waals surface area contributed by atoms with E-state index in [1.807, 2.05) is 0 Å². The van der Waals surface area contributed by atoms with Gasteiger partial charge in [-0.1, -0.05) is 0 Å². The van der Waals surface area contributed by atoms with E-state index < -0.39 is 0 Å². The van der Waals surface area contributed by atoms with E-state index in [4.69, 9.17) is 4.74 Å². The third-order valence-electron chi connectivity index (χ3n) is 3.93. The highest BCUT2D eigenvalue weighted by Crippen LogP contribution is 2.17. The lowest BCUT2D eigenvalue weighted by atomic mass is 10.0. The van der Waals surface area contributed by atoms with Crippen LogP contribution in [0.15, 0.2) is 0 Å². The third kappa shape index (κ3) is 5.37. The monoisotopic (exact) mass is 327 g/mol. The van der Waals surface area contributed by atoms with Crippen LogP contribution < -0.4 is 10.6 Å². The van der Waals surface area contributed by atoms with Crippen molar-refractivity contribution >= 4 is 30.7 Å². The molecule has 2 aliphatic heterocycles. The van der Waals surface area contributed by atoms with Crippen molar-refractivity contribution in [3.05, 3.63) is 0 Å². The van der Waals surface area contributed by atoms with Crippen molar-refractivity contribution in [3.63, 3.8) is 0 Å². The molecule has 0 spiro atoms. The second-order valence-corrected chi connectivity index (χ2v) is 5.83. The topological polar surface area (TPSA) is 53.6 Å². The van der Waals surface area contributed by atoms with Crippen LogP contribution in [0.4, 0.5) is 0 Å². The molecule has 2 heterocycles. The molecule has 2 aliphatic rings. The van der Waals surface area contributed by atoms with Gasteiger partial charge in [0.1, 0.15) is 0 Å². The first-order chi connectivity index (χ1) is 8.59. The van der Waals surface area contributed by atoms with Crippen molar-refractivity contribution in [1.29, 1.82) is 0 Å². The summed E-state index contributed by atoms with van der Waals surface area (Å²) in [5.41, 5.74) is 0.0812. The van der Waals surface area contributed by atoms with Gasteiger partial charge in [0.25, 0.3) is 0 Å². The molecule has 1 unspecified atom stereocenters. The Hall–Kier alpha value is -0.0700. The van der Waals surface area contributed by atoms with E-state index in [-0.39, 0.29) is 42.2 Å². The quantitative estimate of drug-likeness (QED) is 0.796. The minimum absolute atomic E-state index is 0. The molecule has 20 heavy (non-hydrogen) atoms. The van der Waals surface area contributed by atoms with Crippen LogP contribution in [0.2, 0.25) is 0 Å². The zero-order chi connectivity index (χ0) is 13.0. The molecule has 7 heteroatoms. The molecule has 5 nitrogen and oxygen atoms in total. The molecule has 1 amide bonds. The van der Waals surface area contributed by atoms with E-state index in [1.54, 1.807) is 0 Å². The van der Waals surface area contributed by atoms with Crippen molar-refractivity contribution in [2.75, 3.05) is 45.9 Å². The minimum atomic E-state index is 0. The van der Waals surface area contributed by atoms with Gasteiger partial charge in [0.2, 0.25) is 5.91 Å². The Kier molecular flexibility index (Phi) is 9.02. The van der Waals surface area contributed by atoms with Crippen LogP contribution in [0.5, 0.6) is 0 Å². The van der Waals surface area contributed by atoms with Crippen LogP contribution in [0, 0.1) is 5.92 Å². The summed E-state index contributed by atoms with van der Waals surface area (Å²) in [6, 6.07) is 0. The molecule has 0 aromatic carbocycles. The number of morpholine rings is 1. The van der Waals surface area contributed by atoms with Crippen LogP contribution in [-0.4, -0.2) is 62.3 Å². The Morgan fingerprint density at radius 3 is 2.80 bits per heavy atom. The molecule has 2 rings (SSSR count). The molecule has 2 N–H and O–H groups in total. The first kappa shape index (κ1) is 19.9. The van der Waals surface area contributed by atoms with Crippen LogP contribution >= 0.6 is 24.8 Å². The molecular formula is C13H27Cl2N3O2. The predicted octanol–water partition coefficient (Wildman–Crippen LogP) is 0.666. The molecular weight excluding hydrogens is 301 g/mol. The number of hydrogen-bond donors (Lipinski definition) is 2. The van der Waals surface area contributed by atoms with Crippen LogP contribution in [0.3, 0.4) is 0 Å². The van der Waals surface area contributed by atoms with Gasteiger partial charge in [0.15, 0.2) is 0 Å². The van der Waals surface area contributed by atoms with E-state index >= 15 is 0 Å². The molecule has 0 bridgehead atoms. The van der Waals surface area contributed by atoms with E-state index in [2.05, 4.69) is 29.4 Å². The maximum Gasteiger partial charge on any atom is 0.224 e. The average molecular weight is 328 g/mol. The predicted molar refractivity (Wildman–Crippen MR) is 85.0 cm³/mol. The number of carbonyl (C=O) groups excluding carboxylic acids is 1. The van der Waals surface area contributed by atoms with Gasteiger partial charge in [-0.05, 0) is 26.8 Å². The van der Waals surface area contributed by atoms with E-state index in [0.717, 1.165) is 52.4 Å². The highest BCUT2D eigenvalue weighted by molar-refractivity contribution is 5.85. The summed E-state index contributed by atoms with van der Waals surface area (Å²) in [4.78, 5) is 14.2. The van der Waals surface area contributed by atoms with Gasteiger partial charge in [-0.25, -0.2) is 0 Å². The summed E-state index contributed by atoms with van der Waals surface area (Å²) in [6.07, 6.45) is 0.967. The highest BCUT2D eigenvalue weighted by atomic mass is 35.5. The van der Waals surface area contributed by atoms with Crippen molar-refractivity contribution in [1.82, 2.24) is 15.5 Å². The SMILES string of the molecule is CC1(C)COCCN1CCNC(=O)C1CCNC1.Cl.Cl. The van der Waals surface area contributed by atoms with Crippen molar-refractivity contribution in [3.8, 4) is 0 Å². The fourth-order valence-electron chi connectivity index (χ4n) is 2.64. The highest BCUT2D eigenvalue weighted by Gasteiger charge is 2.30. The first-order valence-electron chi connectivity index (χ1n) is 6.91. The molecule has 0 aromatic rings. The van der Waals surface area contributed by atoms with Gasteiger partial charge in [-0.3, -0.25) is 9.69 Å². The van der Waals surface area contributed by atoms with Gasteiger partial charge in [-0.15, -0.1) is 24.8 Å². The van der Waals surface area contributed by atoms with Crippen LogP contribution in [0.1, 0.15) is 20.3 Å². The second kappa shape index (κ2) is 9.05. The van der Waals surface area contributed by atoms with Crippen molar-refractivity contribution in [2.24, 2.45) is 5.92 Å². The normalized spacial score (nSPS) is 25.4. The van der Waals surface area contributed by atoms with Crippen molar-refractivity contribution < 1.29 is 9.53 Å². The summed E-state index contributed by atoms with van der Waals surface area (Å²) >= 11 is 0. The fraction of sp³-hybridized carbons (Fsp3) is 0.923. The Morgan fingerprint density at radius 2 is 2.20 bits per heavy atom. The number of hydrogen-bond acceptors (Lipinski definition) is 4. The molecule has 120 valence electrons. The molecule has 1 atom stereocenters. The Labute approximate surface area is 134 Å². The molecule has 0 radical (unpaired) electrons. The number of rotatable bonds is 4. The summed E-state index contributed by atoms with van der Waals surface area (Å²) < 4.78 is 5.49. The number of carbonyl (C=O) groups is 1. The molecule has 2 saturated heterocycles. The number of halogens is 2. The van der Waals surface area contributed by atoms with Crippen molar-refractivity contribution in [2.45, 2.75) is 25.8 Å². The second-order valence-electron chi connectivity index (χ2n) is 5.83. The maximum atomic E-state index is 11.9. The molecule has 0 aliphatic carbocycles. The zero-order valence-corrected chi connectivity index (χ0v) is 13.9. The Bertz CT molecular complexity index is 297. The van der Waals surface area contributed by atoms with Crippen LogP contribution in [-0.2, 0) is 9.53 Å². The van der Waals surface area contributed by atoms with Gasteiger partial charge in [-0.2, -0.15) is 0 Å². The Morgan fingerprint density at radius 1 is 1.45 bits per heavy atom. The number of nitrogens with zero attached hydrogens (tertiary/aromatic N) is 1. The molecule has 2 fully saturated rings. The standard InChI is InChI=1S/C13H25N3O2.2ClH/c1-13(2)10-18-8-7-16(13)6-5-15-12(17)11-3-4-14-9-11;;/h11,14H,3-10H2,1-2H3,(H,15,17);2*1H. The minimum Gasteiger partial charge on any atom is -0.378 e. The summed E-state index contributed by atoms with van der Waals surface area (Å²) in [5.74, 6) is 0.369. The third-order valence-corrected chi connectivity index (χ3v) is 3.93. The van der Waals surface area contributed by atoms with Gasteiger partial charge < -0.3 is 15.4 Å². The largest absolute Gasteiger partial charge is 0.378 e. The zero-order valence-electron chi connectivity index (χ0n) is 12.3. The smallest absolute Gasteiger partial charge is 0.224 e. The molecule has 0 aromatic heterocycles. The lowest BCUT2D eigenvalue weighted by Crippen LogP contribution is -2.55. The number of ether oxygens (including phenoxy) is 1. The lowest BCUT2D eigenvalue weighted by Gasteiger charge is -2.42.